The standard InChI is InChI=1S/C20H20F3N3O6S/c21-20(22,23)15-7-4-8-16(11-15)33(30,31)25-10-9-18(28)32-13-17(27)26-19(29)24-12-14-5-2-1-3-6-14/h1-8,11,25H,9-10,12-13H2,(H2,24,26,27,29). The molecule has 0 radical (unpaired) electrons. The molecule has 9 nitrogen and oxygen atoms in total. The van der Waals surface area contributed by atoms with Gasteiger partial charge in [0.15, 0.2) is 6.61 Å². The largest absolute Gasteiger partial charge is 0.456 e. The van der Waals surface area contributed by atoms with E-state index in [0.29, 0.717) is 6.07 Å². The number of imide groups is 1. The van der Waals surface area contributed by atoms with Gasteiger partial charge in [-0.2, -0.15) is 13.2 Å². The third-order valence-corrected chi connectivity index (χ3v) is 5.46. The van der Waals surface area contributed by atoms with Crippen LogP contribution in [0.2, 0.25) is 0 Å². The van der Waals surface area contributed by atoms with E-state index < -0.39 is 64.1 Å². The molecule has 0 unspecified atom stereocenters. The number of benzene rings is 2. The number of sulfonamides is 1. The predicted octanol–water partition coefficient (Wildman–Crippen LogP) is 1.94. The van der Waals surface area contributed by atoms with Gasteiger partial charge >= 0.3 is 18.2 Å². The summed E-state index contributed by atoms with van der Waals surface area (Å²) in [6.07, 6.45) is -5.21. The van der Waals surface area contributed by atoms with Crippen molar-refractivity contribution in [2.75, 3.05) is 13.2 Å². The summed E-state index contributed by atoms with van der Waals surface area (Å²) in [6, 6.07) is 11.2. The molecule has 0 fully saturated rings. The van der Waals surface area contributed by atoms with E-state index >= 15 is 0 Å². The quantitative estimate of drug-likeness (QED) is 0.464. The molecule has 178 valence electrons. The van der Waals surface area contributed by atoms with Crippen LogP contribution in [-0.2, 0) is 37.1 Å². The highest BCUT2D eigenvalue weighted by molar-refractivity contribution is 7.89. The van der Waals surface area contributed by atoms with E-state index in [9.17, 15) is 36.0 Å². The Bertz CT molecular complexity index is 1090. The Morgan fingerprint density at radius 2 is 1.67 bits per heavy atom. The summed E-state index contributed by atoms with van der Waals surface area (Å²) in [5.41, 5.74) is -0.331. The first-order valence-corrected chi connectivity index (χ1v) is 10.9. The van der Waals surface area contributed by atoms with Crippen molar-refractivity contribution in [2.24, 2.45) is 0 Å². The maximum Gasteiger partial charge on any atom is 0.416 e. The van der Waals surface area contributed by atoms with Crippen molar-refractivity contribution in [3.63, 3.8) is 0 Å². The number of hydrogen-bond donors (Lipinski definition) is 3. The molecule has 0 atom stereocenters. The van der Waals surface area contributed by atoms with Crippen molar-refractivity contribution in [3.8, 4) is 0 Å². The van der Waals surface area contributed by atoms with Crippen LogP contribution in [0.4, 0.5) is 18.0 Å². The fraction of sp³-hybridized carbons (Fsp3) is 0.250. The molecule has 3 N–H and O–H groups in total. The van der Waals surface area contributed by atoms with Crippen LogP contribution in [0.25, 0.3) is 0 Å². The molecule has 0 aliphatic heterocycles. The summed E-state index contributed by atoms with van der Waals surface area (Å²) < 4.78 is 69.0. The molecule has 0 aromatic heterocycles. The van der Waals surface area contributed by atoms with Crippen molar-refractivity contribution in [1.82, 2.24) is 15.4 Å². The second kappa shape index (κ2) is 11.4. The zero-order valence-electron chi connectivity index (χ0n) is 17.0. The van der Waals surface area contributed by atoms with E-state index in [1.165, 1.54) is 0 Å². The summed E-state index contributed by atoms with van der Waals surface area (Å²) >= 11 is 0. The van der Waals surface area contributed by atoms with E-state index in [-0.39, 0.29) is 6.54 Å². The number of carbonyl (C=O) groups is 3. The minimum Gasteiger partial charge on any atom is -0.456 e. The molecule has 0 aliphatic rings. The van der Waals surface area contributed by atoms with Gasteiger partial charge in [-0.25, -0.2) is 17.9 Å². The number of halogens is 3. The second-order valence-corrected chi connectivity index (χ2v) is 8.32. The summed E-state index contributed by atoms with van der Waals surface area (Å²) in [6.45, 7) is -1.08. The highest BCUT2D eigenvalue weighted by Crippen LogP contribution is 2.30. The van der Waals surface area contributed by atoms with Crippen LogP contribution >= 0.6 is 0 Å². The van der Waals surface area contributed by atoms with Crippen LogP contribution in [0.3, 0.4) is 0 Å². The maximum atomic E-state index is 12.7. The van der Waals surface area contributed by atoms with Crippen LogP contribution in [-0.4, -0.2) is 39.5 Å². The molecule has 3 amide bonds. The minimum atomic E-state index is -4.71. The minimum absolute atomic E-state index is 0.172. The Kier molecular flexibility index (Phi) is 8.94. The molecule has 0 heterocycles. The zero-order chi connectivity index (χ0) is 24.5. The van der Waals surface area contributed by atoms with Gasteiger partial charge in [0, 0.05) is 13.1 Å². The number of urea groups is 1. The SMILES string of the molecule is O=C(COC(=O)CCNS(=O)(=O)c1cccc(C(F)(F)F)c1)NC(=O)NCc1ccccc1. The van der Waals surface area contributed by atoms with E-state index in [4.69, 9.17) is 0 Å². The van der Waals surface area contributed by atoms with Gasteiger partial charge in [0.1, 0.15) is 0 Å². The van der Waals surface area contributed by atoms with Crippen LogP contribution in [0.5, 0.6) is 0 Å². The van der Waals surface area contributed by atoms with E-state index in [2.05, 4.69) is 10.1 Å². The van der Waals surface area contributed by atoms with Gasteiger partial charge in [-0.1, -0.05) is 36.4 Å². The molecular formula is C20H20F3N3O6S. The number of nitrogens with one attached hydrogen (secondary N) is 3. The highest BCUT2D eigenvalue weighted by atomic mass is 32.2. The summed E-state index contributed by atoms with van der Waals surface area (Å²) in [7, 11) is -4.31. The maximum absolute atomic E-state index is 12.7. The summed E-state index contributed by atoms with van der Waals surface area (Å²) in [5, 5.41) is 4.39. The molecular weight excluding hydrogens is 467 g/mol. The Hall–Kier alpha value is -3.45. The Labute approximate surface area is 187 Å². The lowest BCUT2D eigenvalue weighted by Crippen LogP contribution is -2.41. The fourth-order valence-corrected chi connectivity index (χ4v) is 3.49. The van der Waals surface area contributed by atoms with Gasteiger partial charge in [-0.15, -0.1) is 0 Å². The summed E-state index contributed by atoms with van der Waals surface area (Å²) in [4.78, 5) is 34.3. The zero-order valence-corrected chi connectivity index (χ0v) is 17.8. The number of esters is 1. The first kappa shape index (κ1) is 25.8. The predicted molar refractivity (Wildman–Crippen MR) is 109 cm³/mol. The molecule has 0 saturated heterocycles. The van der Waals surface area contributed by atoms with Crippen molar-refractivity contribution in [3.05, 3.63) is 65.7 Å². The van der Waals surface area contributed by atoms with E-state index in [1.807, 2.05) is 10.0 Å². The molecule has 2 rings (SSSR count). The smallest absolute Gasteiger partial charge is 0.416 e. The first-order valence-electron chi connectivity index (χ1n) is 9.41. The molecule has 33 heavy (non-hydrogen) atoms. The van der Waals surface area contributed by atoms with Crippen LogP contribution < -0.4 is 15.4 Å². The third kappa shape index (κ3) is 8.90. The van der Waals surface area contributed by atoms with Crippen LogP contribution in [0, 0.1) is 0 Å². The number of amides is 3. The average Bonchev–Trinajstić information content (AvgIpc) is 2.76. The Morgan fingerprint density at radius 1 is 0.970 bits per heavy atom. The highest BCUT2D eigenvalue weighted by Gasteiger charge is 2.31. The van der Waals surface area contributed by atoms with Crippen LogP contribution in [0.15, 0.2) is 59.5 Å². The number of carbonyl (C=O) groups excluding carboxylic acids is 3. The Morgan fingerprint density at radius 3 is 2.33 bits per heavy atom. The van der Waals surface area contributed by atoms with Gasteiger partial charge in [0.05, 0.1) is 16.9 Å². The number of alkyl halides is 3. The van der Waals surface area contributed by atoms with Gasteiger partial charge in [-0.3, -0.25) is 14.9 Å². The first-order chi connectivity index (χ1) is 15.5. The third-order valence-electron chi connectivity index (χ3n) is 4.01. The molecule has 2 aromatic rings. The number of hydrogen-bond acceptors (Lipinski definition) is 6. The van der Waals surface area contributed by atoms with Crippen molar-refractivity contribution in [1.29, 1.82) is 0 Å². The average molecular weight is 487 g/mol. The van der Waals surface area contributed by atoms with E-state index in [0.717, 1.165) is 23.8 Å². The molecule has 0 aliphatic carbocycles. The van der Waals surface area contributed by atoms with Crippen molar-refractivity contribution < 1.29 is 40.7 Å². The molecule has 0 saturated carbocycles. The molecule has 0 spiro atoms. The monoisotopic (exact) mass is 487 g/mol. The van der Waals surface area contributed by atoms with Crippen molar-refractivity contribution in [2.45, 2.75) is 24.0 Å². The Balaban J connectivity index is 1.71. The van der Waals surface area contributed by atoms with Gasteiger partial charge < -0.3 is 10.1 Å². The number of rotatable bonds is 9. The van der Waals surface area contributed by atoms with Crippen molar-refractivity contribution >= 4 is 27.9 Å². The lowest BCUT2D eigenvalue weighted by Gasteiger charge is -2.10. The second-order valence-electron chi connectivity index (χ2n) is 6.55. The molecule has 0 bridgehead atoms. The van der Waals surface area contributed by atoms with E-state index in [1.54, 1.807) is 30.3 Å². The number of ether oxygens (including phenoxy) is 1. The van der Waals surface area contributed by atoms with Crippen LogP contribution in [0.1, 0.15) is 17.5 Å². The van der Waals surface area contributed by atoms with Gasteiger partial charge in [-0.05, 0) is 23.8 Å². The normalized spacial score (nSPS) is 11.5. The van der Waals surface area contributed by atoms with Gasteiger partial charge in [0.2, 0.25) is 10.0 Å². The summed E-state index contributed by atoms with van der Waals surface area (Å²) in [5.74, 6) is -1.86. The topological polar surface area (TPSA) is 131 Å². The van der Waals surface area contributed by atoms with Gasteiger partial charge in [0.25, 0.3) is 5.91 Å². The lowest BCUT2D eigenvalue weighted by molar-refractivity contribution is -0.148. The lowest BCUT2D eigenvalue weighted by atomic mass is 10.2. The fourth-order valence-electron chi connectivity index (χ4n) is 2.41. The molecule has 2 aromatic carbocycles. The molecule has 13 heteroatoms.